The molecule has 0 fully saturated rings. The van der Waals surface area contributed by atoms with Gasteiger partial charge in [0, 0.05) is 18.9 Å². The Hall–Kier alpha value is -2.53. The minimum Gasteiger partial charge on any atom is -0.496 e. The van der Waals surface area contributed by atoms with Crippen molar-refractivity contribution in [3.8, 4) is 5.75 Å². The zero-order chi connectivity index (χ0) is 16.8. The summed E-state index contributed by atoms with van der Waals surface area (Å²) in [6.07, 6.45) is 3.70. The van der Waals surface area contributed by atoms with E-state index in [9.17, 15) is 4.79 Å². The molecule has 2 aromatic carbocycles. The molecule has 0 atom stereocenters. The van der Waals surface area contributed by atoms with Gasteiger partial charge in [-0.2, -0.15) is 0 Å². The molecule has 0 amide bonds. The first-order valence-electron chi connectivity index (χ1n) is 7.62. The third kappa shape index (κ3) is 3.86. The van der Waals surface area contributed by atoms with Gasteiger partial charge in [0.1, 0.15) is 5.75 Å². The van der Waals surface area contributed by atoms with Crippen LogP contribution in [-0.2, 0) is 6.54 Å². The molecule has 3 rings (SSSR count). The number of para-hydroxylation sites is 1. The minimum atomic E-state index is 0.0340. The van der Waals surface area contributed by atoms with Crippen LogP contribution in [0.15, 0.2) is 72.1 Å². The average molecular weight is 338 g/mol. The molecule has 5 heteroatoms. The maximum Gasteiger partial charge on any atom is 0.176 e. The number of nitrogens with zero attached hydrogens (tertiary/aromatic N) is 2. The molecule has 24 heavy (non-hydrogen) atoms. The van der Waals surface area contributed by atoms with Gasteiger partial charge in [0.25, 0.3) is 0 Å². The number of rotatable bonds is 7. The maximum absolute atomic E-state index is 12.5. The summed E-state index contributed by atoms with van der Waals surface area (Å²) in [6.45, 7) is 0.742. The van der Waals surface area contributed by atoms with Gasteiger partial charge in [0.05, 0.1) is 18.4 Å². The summed E-state index contributed by atoms with van der Waals surface area (Å²) in [6, 6.07) is 17.5. The molecule has 4 nitrogen and oxygen atoms in total. The van der Waals surface area contributed by atoms with Crippen molar-refractivity contribution < 1.29 is 9.53 Å². The third-order valence-electron chi connectivity index (χ3n) is 3.61. The summed E-state index contributed by atoms with van der Waals surface area (Å²) in [5, 5.41) is 0.835. The van der Waals surface area contributed by atoms with Gasteiger partial charge in [-0.1, -0.05) is 54.2 Å². The highest BCUT2D eigenvalue weighted by molar-refractivity contribution is 7.99. The number of carbonyl (C=O) groups excluding carboxylic acids is 1. The summed E-state index contributed by atoms with van der Waals surface area (Å²) in [7, 11) is 1.58. The van der Waals surface area contributed by atoms with Crippen molar-refractivity contribution in [2.45, 2.75) is 11.7 Å². The smallest absolute Gasteiger partial charge is 0.176 e. The quantitative estimate of drug-likeness (QED) is 0.484. The van der Waals surface area contributed by atoms with Crippen LogP contribution in [0.2, 0.25) is 0 Å². The second-order valence-electron chi connectivity index (χ2n) is 5.24. The van der Waals surface area contributed by atoms with Gasteiger partial charge in [-0.15, -0.1) is 0 Å². The van der Waals surface area contributed by atoms with Crippen LogP contribution in [-0.4, -0.2) is 28.2 Å². The van der Waals surface area contributed by atoms with E-state index in [-0.39, 0.29) is 5.78 Å². The topological polar surface area (TPSA) is 44.1 Å². The van der Waals surface area contributed by atoms with Crippen molar-refractivity contribution >= 4 is 17.5 Å². The van der Waals surface area contributed by atoms with Gasteiger partial charge in [0.2, 0.25) is 0 Å². The van der Waals surface area contributed by atoms with E-state index in [4.69, 9.17) is 4.74 Å². The summed E-state index contributed by atoms with van der Waals surface area (Å²) in [5.41, 5.74) is 1.81. The summed E-state index contributed by atoms with van der Waals surface area (Å²) in [5.74, 6) is 0.967. The second kappa shape index (κ2) is 7.84. The number of aromatic nitrogens is 2. The minimum absolute atomic E-state index is 0.0340. The number of hydrogen-bond acceptors (Lipinski definition) is 4. The molecular formula is C19H18N2O2S. The standard InChI is InChI=1S/C19H18N2O2S/c1-23-18-10-6-5-9-16(18)17(22)14-24-19-20-11-12-21(19)13-15-7-3-2-4-8-15/h2-12H,13-14H2,1H3. The van der Waals surface area contributed by atoms with Crippen molar-refractivity contribution in [2.24, 2.45) is 0 Å². The lowest BCUT2D eigenvalue weighted by Crippen LogP contribution is -2.07. The van der Waals surface area contributed by atoms with Gasteiger partial charge in [-0.3, -0.25) is 4.79 Å². The molecule has 0 radical (unpaired) electrons. The molecule has 0 aliphatic carbocycles. The number of hydrogen-bond donors (Lipinski definition) is 0. The van der Waals surface area contributed by atoms with E-state index in [1.54, 1.807) is 25.4 Å². The predicted octanol–water partition coefficient (Wildman–Crippen LogP) is 3.92. The monoisotopic (exact) mass is 338 g/mol. The molecule has 0 bridgehead atoms. The fourth-order valence-corrected chi connectivity index (χ4v) is 3.26. The van der Waals surface area contributed by atoms with Crippen LogP contribution in [0.4, 0.5) is 0 Å². The molecule has 0 spiro atoms. The van der Waals surface area contributed by atoms with Crippen LogP contribution in [0.5, 0.6) is 5.75 Å². The number of ketones is 1. The zero-order valence-corrected chi connectivity index (χ0v) is 14.2. The molecule has 0 aliphatic rings. The predicted molar refractivity (Wildman–Crippen MR) is 95.8 cm³/mol. The highest BCUT2D eigenvalue weighted by Gasteiger charge is 2.13. The Balaban J connectivity index is 1.67. The molecule has 3 aromatic rings. The van der Waals surface area contributed by atoms with Crippen LogP contribution in [0, 0.1) is 0 Å². The lowest BCUT2D eigenvalue weighted by atomic mass is 10.1. The van der Waals surface area contributed by atoms with Crippen molar-refractivity contribution in [1.82, 2.24) is 9.55 Å². The lowest BCUT2D eigenvalue weighted by Gasteiger charge is -2.09. The van der Waals surface area contributed by atoms with Crippen molar-refractivity contribution in [2.75, 3.05) is 12.9 Å². The molecular weight excluding hydrogens is 320 g/mol. The molecule has 0 saturated carbocycles. The molecule has 0 N–H and O–H groups in total. The summed E-state index contributed by atoms with van der Waals surface area (Å²) < 4.78 is 7.31. The molecule has 0 aliphatic heterocycles. The first-order valence-corrected chi connectivity index (χ1v) is 8.60. The van der Waals surface area contributed by atoms with E-state index < -0.39 is 0 Å². The van der Waals surface area contributed by atoms with Crippen molar-refractivity contribution in [3.05, 3.63) is 78.1 Å². The first-order chi connectivity index (χ1) is 11.8. The largest absolute Gasteiger partial charge is 0.496 e. The summed E-state index contributed by atoms with van der Waals surface area (Å²) >= 11 is 1.44. The Bertz CT molecular complexity index is 815. The SMILES string of the molecule is COc1ccccc1C(=O)CSc1nccn1Cc1ccccc1. The van der Waals surface area contributed by atoms with Crippen LogP contribution < -0.4 is 4.74 Å². The van der Waals surface area contributed by atoms with Gasteiger partial charge < -0.3 is 9.30 Å². The first kappa shape index (κ1) is 16.3. The van der Waals surface area contributed by atoms with Crippen LogP contribution in [0.3, 0.4) is 0 Å². The number of methoxy groups -OCH3 is 1. The highest BCUT2D eigenvalue weighted by Crippen LogP contribution is 2.23. The number of Topliss-reactive ketones (excluding diaryl/α,β-unsaturated/α-hetero) is 1. The number of imidazole rings is 1. The molecule has 0 saturated heterocycles. The zero-order valence-electron chi connectivity index (χ0n) is 13.4. The van der Waals surface area contributed by atoms with E-state index in [2.05, 4.69) is 21.7 Å². The fourth-order valence-electron chi connectivity index (χ4n) is 2.42. The Morgan fingerprint density at radius 1 is 1.12 bits per heavy atom. The van der Waals surface area contributed by atoms with Gasteiger partial charge in [-0.05, 0) is 17.7 Å². The van der Waals surface area contributed by atoms with E-state index in [1.807, 2.05) is 36.5 Å². The van der Waals surface area contributed by atoms with E-state index in [0.717, 1.165) is 11.7 Å². The van der Waals surface area contributed by atoms with E-state index >= 15 is 0 Å². The average Bonchev–Trinajstić information content (AvgIpc) is 3.07. The summed E-state index contributed by atoms with van der Waals surface area (Å²) in [4.78, 5) is 16.8. The van der Waals surface area contributed by atoms with Crippen LogP contribution in [0.1, 0.15) is 15.9 Å². The molecule has 122 valence electrons. The Morgan fingerprint density at radius 2 is 1.88 bits per heavy atom. The highest BCUT2D eigenvalue weighted by atomic mass is 32.2. The number of carbonyl (C=O) groups is 1. The second-order valence-corrected chi connectivity index (χ2v) is 6.18. The Morgan fingerprint density at radius 3 is 2.67 bits per heavy atom. The molecule has 0 unspecified atom stereocenters. The third-order valence-corrected chi connectivity index (χ3v) is 4.62. The molecule has 1 heterocycles. The normalized spacial score (nSPS) is 10.5. The van der Waals surface area contributed by atoms with E-state index in [0.29, 0.717) is 17.1 Å². The van der Waals surface area contributed by atoms with Crippen LogP contribution >= 0.6 is 11.8 Å². The lowest BCUT2D eigenvalue weighted by molar-refractivity contribution is 0.101. The Labute approximate surface area is 145 Å². The maximum atomic E-state index is 12.5. The van der Waals surface area contributed by atoms with Crippen molar-refractivity contribution in [1.29, 1.82) is 0 Å². The van der Waals surface area contributed by atoms with Crippen molar-refractivity contribution in [3.63, 3.8) is 0 Å². The molecule has 1 aromatic heterocycles. The van der Waals surface area contributed by atoms with Gasteiger partial charge in [-0.25, -0.2) is 4.98 Å². The van der Waals surface area contributed by atoms with Crippen LogP contribution in [0.25, 0.3) is 0 Å². The number of ether oxygens (including phenoxy) is 1. The number of benzene rings is 2. The number of thioether (sulfide) groups is 1. The van der Waals surface area contributed by atoms with Gasteiger partial charge in [0.15, 0.2) is 10.9 Å². The van der Waals surface area contributed by atoms with Gasteiger partial charge >= 0.3 is 0 Å². The fraction of sp³-hybridized carbons (Fsp3) is 0.158. The van der Waals surface area contributed by atoms with E-state index in [1.165, 1.54) is 17.3 Å². The Kier molecular flexibility index (Phi) is 5.33.